The van der Waals surface area contributed by atoms with Crippen molar-refractivity contribution in [1.29, 1.82) is 0 Å². The standard InChI is InChI=1S/C22H29N3O4S/c1-22(2,3)29-21(27)18(19(23)30-14-16-9-11-24-12-10-16)20(26)25-13-15-5-7-17(28-4)8-6-15/h5-12,18-19H,13-14,23H2,1-4H3,(H,25,26)/t18-,19?/m1/s1. The maximum absolute atomic E-state index is 12.9. The molecule has 1 unspecified atom stereocenters. The number of aromatic nitrogens is 1. The number of esters is 1. The van der Waals surface area contributed by atoms with Crippen molar-refractivity contribution in [2.45, 2.75) is 44.0 Å². The molecule has 0 bridgehead atoms. The Labute approximate surface area is 181 Å². The van der Waals surface area contributed by atoms with Gasteiger partial charge in [0.25, 0.3) is 0 Å². The fourth-order valence-electron chi connectivity index (χ4n) is 2.57. The zero-order valence-electron chi connectivity index (χ0n) is 17.8. The number of nitrogens with zero attached hydrogens (tertiary/aromatic N) is 1. The first-order valence-corrected chi connectivity index (χ1v) is 10.6. The number of nitrogens with two attached hydrogens (primary N) is 1. The Morgan fingerprint density at radius 1 is 1.10 bits per heavy atom. The number of benzene rings is 1. The average molecular weight is 432 g/mol. The Balaban J connectivity index is 2.06. The van der Waals surface area contributed by atoms with Crippen molar-refractivity contribution >= 4 is 23.6 Å². The van der Waals surface area contributed by atoms with E-state index in [4.69, 9.17) is 15.2 Å². The van der Waals surface area contributed by atoms with Gasteiger partial charge in [-0.05, 0) is 56.2 Å². The SMILES string of the molecule is COc1ccc(CNC(=O)[C@H](C(=O)OC(C)(C)C)C(N)SCc2ccncc2)cc1. The third-order valence-electron chi connectivity index (χ3n) is 4.09. The van der Waals surface area contributed by atoms with Crippen molar-refractivity contribution in [2.75, 3.05) is 7.11 Å². The molecule has 7 nitrogen and oxygen atoms in total. The minimum atomic E-state index is -1.13. The fourth-order valence-corrected chi connectivity index (χ4v) is 3.57. The number of hydrogen-bond donors (Lipinski definition) is 2. The zero-order valence-corrected chi connectivity index (χ0v) is 18.6. The molecule has 30 heavy (non-hydrogen) atoms. The quantitative estimate of drug-likeness (QED) is 0.357. The van der Waals surface area contributed by atoms with Crippen molar-refractivity contribution in [3.05, 3.63) is 59.9 Å². The predicted molar refractivity (Wildman–Crippen MR) is 118 cm³/mol. The lowest BCUT2D eigenvalue weighted by Crippen LogP contribution is -2.47. The van der Waals surface area contributed by atoms with Gasteiger partial charge in [-0.25, -0.2) is 0 Å². The Morgan fingerprint density at radius 3 is 2.30 bits per heavy atom. The van der Waals surface area contributed by atoms with Crippen LogP contribution in [0.5, 0.6) is 5.75 Å². The molecule has 1 aromatic heterocycles. The van der Waals surface area contributed by atoms with E-state index in [2.05, 4.69) is 10.3 Å². The molecule has 0 saturated carbocycles. The van der Waals surface area contributed by atoms with Crippen LogP contribution in [-0.2, 0) is 26.6 Å². The van der Waals surface area contributed by atoms with Gasteiger partial charge in [0, 0.05) is 24.7 Å². The van der Waals surface area contributed by atoms with Crippen LogP contribution in [0.4, 0.5) is 0 Å². The maximum atomic E-state index is 12.9. The molecule has 0 spiro atoms. The summed E-state index contributed by atoms with van der Waals surface area (Å²) in [5, 5.41) is 2.04. The second-order valence-corrected chi connectivity index (χ2v) is 8.87. The van der Waals surface area contributed by atoms with E-state index < -0.39 is 28.8 Å². The zero-order chi connectivity index (χ0) is 22.1. The van der Waals surface area contributed by atoms with E-state index in [0.717, 1.165) is 16.9 Å². The molecule has 0 aliphatic heterocycles. The highest BCUT2D eigenvalue weighted by atomic mass is 32.2. The van der Waals surface area contributed by atoms with E-state index in [1.54, 1.807) is 40.3 Å². The molecule has 162 valence electrons. The summed E-state index contributed by atoms with van der Waals surface area (Å²) in [6.07, 6.45) is 3.38. The highest BCUT2D eigenvalue weighted by molar-refractivity contribution is 7.99. The summed E-state index contributed by atoms with van der Waals surface area (Å²) in [5.74, 6) is -0.950. The van der Waals surface area contributed by atoms with Crippen LogP contribution in [0.2, 0.25) is 0 Å². The van der Waals surface area contributed by atoms with E-state index in [-0.39, 0.29) is 6.54 Å². The number of carbonyl (C=O) groups excluding carboxylic acids is 2. The number of methoxy groups -OCH3 is 1. The molecule has 1 amide bonds. The van der Waals surface area contributed by atoms with Crippen LogP contribution in [0.1, 0.15) is 31.9 Å². The Morgan fingerprint density at radius 2 is 1.73 bits per heavy atom. The van der Waals surface area contributed by atoms with Crippen molar-refractivity contribution in [3.8, 4) is 5.75 Å². The third kappa shape index (κ3) is 7.68. The molecule has 0 aliphatic carbocycles. The molecule has 0 saturated heterocycles. The van der Waals surface area contributed by atoms with Gasteiger partial charge in [0.15, 0.2) is 5.92 Å². The fraction of sp³-hybridized carbons (Fsp3) is 0.409. The van der Waals surface area contributed by atoms with Crippen molar-refractivity contribution in [2.24, 2.45) is 11.7 Å². The molecule has 2 aromatic rings. The van der Waals surface area contributed by atoms with Crippen molar-refractivity contribution in [3.63, 3.8) is 0 Å². The van der Waals surface area contributed by atoms with E-state index in [1.807, 2.05) is 36.4 Å². The number of ether oxygens (including phenoxy) is 2. The summed E-state index contributed by atoms with van der Waals surface area (Å²) >= 11 is 1.32. The maximum Gasteiger partial charge on any atom is 0.321 e. The first-order valence-electron chi connectivity index (χ1n) is 9.59. The van der Waals surface area contributed by atoms with Crippen LogP contribution in [0.15, 0.2) is 48.8 Å². The summed E-state index contributed by atoms with van der Waals surface area (Å²) in [7, 11) is 1.59. The van der Waals surface area contributed by atoms with Gasteiger partial charge in [-0.1, -0.05) is 12.1 Å². The lowest BCUT2D eigenvalue weighted by molar-refractivity contribution is -0.162. The summed E-state index contributed by atoms with van der Waals surface area (Å²) in [6.45, 7) is 5.54. The molecular weight excluding hydrogens is 402 g/mol. The third-order valence-corrected chi connectivity index (χ3v) is 5.25. The van der Waals surface area contributed by atoms with Gasteiger partial charge in [0.2, 0.25) is 5.91 Å². The van der Waals surface area contributed by atoms with Gasteiger partial charge >= 0.3 is 5.97 Å². The second-order valence-electron chi connectivity index (χ2n) is 7.71. The Bertz CT molecular complexity index is 823. The van der Waals surface area contributed by atoms with Gasteiger partial charge < -0.3 is 20.5 Å². The molecule has 1 heterocycles. The average Bonchev–Trinajstić information content (AvgIpc) is 2.70. The summed E-state index contributed by atoms with van der Waals surface area (Å²) in [5.41, 5.74) is 7.43. The number of hydrogen-bond acceptors (Lipinski definition) is 7. The van der Waals surface area contributed by atoms with Crippen LogP contribution in [0, 0.1) is 5.92 Å². The minimum absolute atomic E-state index is 0.268. The highest BCUT2D eigenvalue weighted by Gasteiger charge is 2.36. The van der Waals surface area contributed by atoms with Crippen molar-refractivity contribution in [1.82, 2.24) is 10.3 Å². The van der Waals surface area contributed by atoms with Crippen LogP contribution in [0.25, 0.3) is 0 Å². The molecular formula is C22H29N3O4S. The van der Waals surface area contributed by atoms with Gasteiger partial charge in [-0.3, -0.25) is 14.6 Å². The topological polar surface area (TPSA) is 104 Å². The largest absolute Gasteiger partial charge is 0.497 e. The smallest absolute Gasteiger partial charge is 0.321 e. The van der Waals surface area contributed by atoms with Gasteiger partial charge in [0.1, 0.15) is 11.4 Å². The lowest BCUT2D eigenvalue weighted by Gasteiger charge is -2.26. The van der Waals surface area contributed by atoms with Gasteiger partial charge in [-0.2, -0.15) is 0 Å². The van der Waals surface area contributed by atoms with Crippen LogP contribution < -0.4 is 15.8 Å². The number of nitrogens with one attached hydrogen (secondary N) is 1. The van der Waals surface area contributed by atoms with Crippen LogP contribution in [0.3, 0.4) is 0 Å². The van der Waals surface area contributed by atoms with E-state index in [9.17, 15) is 9.59 Å². The van der Waals surface area contributed by atoms with Crippen molar-refractivity contribution < 1.29 is 19.1 Å². The lowest BCUT2D eigenvalue weighted by atomic mass is 10.1. The molecule has 0 radical (unpaired) electrons. The van der Waals surface area contributed by atoms with Gasteiger partial charge in [0.05, 0.1) is 12.5 Å². The van der Waals surface area contributed by atoms with Gasteiger partial charge in [-0.15, -0.1) is 11.8 Å². The van der Waals surface area contributed by atoms with E-state index in [1.165, 1.54) is 11.8 Å². The molecule has 2 atom stereocenters. The van der Waals surface area contributed by atoms with Crippen LogP contribution in [-0.4, -0.2) is 34.9 Å². The molecule has 2 rings (SSSR count). The minimum Gasteiger partial charge on any atom is -0.497 e. The normalized spacial score (nSPS) is 13.2. The monoisotopic (exact) mass is 431 g/mol. The first-order chi connectivity index (χ1) is 14.2. The number of thioether (sulfide) groups is 1. The second kappa shape index (κ2) is 11.0. The first kappa shape index (κ1) is 23.7. The number of rotatable bonds is 9. The molecule has 3 N–H and O–H groups in total. The molecule has 1 aromatic carbocycles. The summed E-state index contributed by atoms with van der Waals surface area (Å²) < 4.78 is 10.6. The molecule has 8 heteroatoms. The van der Waals surface area contributed by atoms with E-state index >= 15 is 0 Å². The van der Waals surface area contributed by atoms with Crippen LogP contribution >= 0.6 is 11.8 Å². The Hall–Kier alpha value is -2.58. The summed E-state index contributed by atoms with van der Waals surface area (Å²) in [6, 6.07) is 11.0. The predicted octanol–water partition coefficient (Wildman–Crippen LogP) is 2.88. The molecule has 0 fully saturated rings. The number of amides is 1. The van der Waals surface area contributed by atoms with E-state index in [0.29, 0.717) is 5.75 Å². The Kier molecular flexibility index (Phi) is 8.68. The number of pyridine rings is 1. The summed E-state index contributed by atoms with van der Waals surface area (Å²) in [4.78, 5) is 29.6. The number of carbonyl (C=O) groups is 2. The highest BCUT2D eigenvalue weighted by Crippen LogP contribution is 2.23. The molecule has 0 aliphatic rings.